The first-order valence-electron chi connectivity index (χ1n) is 5.84. The average Bonchev–Trinajstić information content (AvgIpc) is 2.14. The van der Waals surface area contributed by atoms with Gasteiger partial charge < -0.3 is 9.64 Å². The Hall–Kier alpha value is -0.570. The molecule has 15 heavy (non-hydrogen) atoms. The third-order valence-corrected chi connectivity index (χ3v) is 2.75. The van der Waals surface area contributed by atoms with Crippen molar-refractivity contribution in [1.29, 1.82) is 0 Å². The van der Waals surface area contributed by atoms with Crippen LogP contribution >= 0.6 is 0 Å². The van der Waals surface area contributed by atoms with E-state index in [-0.39, 0.29) is 5.97 Å². The zero-order valence-corrected chi connectivity index (χ0v) is 10.7. The lowest BCUT2D eigenvalue weighted by Crippen LogP contribution is -2.36. The Morgan fingerprint density at radius 1 is 1.33 bits per heavy atom. The van der Waals surface area contributed by atoms with Gasteiger partial charge in [-0.2, -0.15) is 0 Å². The van der Waals surface area contributed by atoms with Crippen LogP contribution in [0.5, 0.6) is 0 Å². The fourth-order valence-corrected chi connectivity index (χ4v) is 1.93. The van der Waals surface area contributed by atoms with Crippen molar-refractivity contribution in [2.75, 3.05) is 20.7 Å². The summed E-state index contributed by atoms with van der Waals surface area (Å²) in [6, 6.07) is 0.295. The quantitative estimate of drug-likeness (QED) is 0.610. The molecule has 0 heterocycles. The smallest absolute Gasteiger partial charge is 0.307 e. The number of ether oxygens (including phenoxy) is 1. The van der Waals surface area contributed by atoms with E-state index in [1.807, 2.05) is 21.0 Å². The monoisotopic (exact) mass is 215 g/mol. The first-order chi connectivity index (χ1) is 7.02. The van der Waals surface area contributed by atoms with Gasteiger partial charge in [0.2, 0.25) is 0 Å². The Kier molecular flexibility index (Phi) is 7.39. The van der Waals surface area contributed by atoms with Gasteiger partial charge in [0.15, 0.2) is 0 Å². The minimum Gasteiger partial charge on any atom is -0.466 e. The van der Waals surface area contributed by atoms with Gasteiger partial charge in [0, 0.05) is 6.04 Å². The molecule has 0 radical (unpaired) electrons. The molecule has 3 heteroatoms. The summed E-state index contributed by atoms with van der Waals surface area (Å²) in [5.41, 5.74) is 0. The number of hydrogen-bond donors (Lipinski definition) is 0. The van der Waals surface area contributed by atoms with Crippen molar-refractivity contribution in [1.82, 2.24) is 4.90 Å². The molecule has 0 amide bonds. The molecule has 0 saturated carbocycles. The lowest BCUT2D eigenvalue weighted by atomic mass is 9.93. The van der Waals surface area contributed by atoms with Crippen molar-refractivity contribution in [3.8, 4) is 0 Å². The number of hydrogen-bond acceptors (Lipinski definition) is 3. The number of carbonyl (C=O) groups excluding carboxylic acids is 1. The van der Waals surface area contributed by atoms with Crippen LogP contribution in [0.3, 0.4) is 0 Å². The Balaban J connectivity index is 4.20. The SMILES string of the molecule is CCCC(C)C(CC(=O)OCC)N(C)C. The Bertz CT molecular complexity index is 180. The van der Waals surface area contributed by atoms with Gasteiger partial charge in [0.1, 0.15) is 0 Å². The highest BCUT2D eigenvalue weighted by Gasteiger charge is 2.22. The van der Waals surface area contributed by atoms with Crippen LogP contribution in [0, 0.1) is 5.92 Å². The molecule has 0 aliphatic carbocycles. The summed E-state index contributed by atoms with van der Waals surface area (Å²) >= 11 is 0. The molecule has 0 aromatic heterocycles. The van der Waals surface area contributed by atoms with Gasteiger partial charge in [-0.05, 0) is 33.4 Å². The zero-order chi connectivity index (χ0) is 11.8. The second-order valence-corrected chi connectivity index (χ2v) is 4.31. The normalized spacial score (nSPS) is 15.1. The lowest BCUT2D eigenvalue weighted by Gasteiger charge is -2.29. The molecular weight excluding hydrogens is 190 g/mol. The highest BCUT2D eigenvalue weighted by atomic mass is 16.5. The minimum atomic E-state index is -0.0841. The maximum absolute atomic E-state index is 11.4. The lowest BCUT2D eigenvalue weighted by molar-refractivity contribution is -0.144. The molecule has 2 unspecified atom stereocenters. The van der Waals surface area contributed by atoms with Crippen molar-refractivity contribution in [3.05, 3.63) is 0 Å². The number of rotatable bonds is 7. The van der Waals surface area contributed by atoms with Crippen molar-refractivity contribution >= 4 is 5.97 Å². The summed E-state index contributed by atoms with van der Waals surface area (Å²) in [5, 5.41) is 0. The average molecular weight is 215 g/mol. The standard InChI is InChI=1S/C12H25NO2/c1-6-8-10(3)11(13(4)5)9-12(14)15-7-2/h10-11H,6-9H2,1-5H3. The van der Waals surface area contributed by atoms with E-state index in [0.29, 0.717) is 25.0 Å². The van der Waals surface area contributed by atoms with Crippen molar-refractivity contribution in [2.45, 2.75) is 46.1 Å². The summed E-state index contributed by atoms with van der Waals surface area (Å²) in [6.07, 6.45) is 2.82. The third kappa shape index (κ3) is 5.78. The molecular formula is C12H25NO2. The second kappa shape index (κ2) is 7.69. The summed E-state index contributed by atoms with van der Waals surface area (Å²) in [5.74, 6) is 0.452. The van der Waals surface area contributed by atoms with Crippen LogP contribution in [-0.2, 0) is 9.53 Å². The van der Waals surface area contributed by atoms with Gasteiger partial charge in [-0.3, -0.25) is 4.79 Å². The fraction of sp³-hybridized carbons (Fsp3) is 0.917. The molecule has 0 aliphatic rings. The molecule has 90 valence electrons. The first-order valence-corrected chi connectivity index (χ1v) is 5.84. The van der Waals surface area contributed by atoms with E-state index in [4.69, 9.17) is 4.74 Å². The van der Waals surface area contributed by atoms with E-state index in [2.05, 4.69) is 18.7 Å². The number of carbonyl (C=O) groups is 1. The van der Waals surface area contributed by atoms with Crippen LogP contribution in [0.4, 0.5) is 0 Å². The van der Waals surface area contributed by atoms with Crippen LogP contribution in [-0.4, -0.2) is 37.6 Å². The topological polar surface area (TPSA) is 29.5 Å². The minimum absolute atomic E-state index is 0.0841. The van der Waals surface area contributed by atoms with E-state index < -0.39 is 0 Å². The molecule has 2 atom stereocenters. The van der Waals surface area contributed by atoms with Gasteiger partial charge in [-0.25, -0.2) is 0 Å². The first kappa shape index (κ1) is 14.4. The summed E-state index contributed by atoms with van der Waals surface area (Å²) < 4.78 is 4.99. The molecule has 0 saturated heterocycles. The molecule has 0 spiro atoms. The highest BCUT2D eigenvalue weighted by molar-refractivity contribution is 5.70. The second-order valence-electron chi connectivity index (χ2n) is 4.31. The molecule has 0 N–H and O–H groups in total. The van der Waals surface area contributed by atoms with E-state index in [1.165, 1.54) is 0 Å². The summed E-state index contributed by atoms with van der Waals surface area (Å²) in [7, 11) is 4.05. The Morgan fingerprint density at radius 2 is 1.93 bits per heavy atom. The molecule has 0 rings (SSSR count). The van der Waals surface area contributed by atoms with Gasteiger partial charge >= 0.3 is 5.97 Å². The molecule has 0 aromatic carbocycles. The fourth-order valence-electron chi connectivity index (χ4n) is 1.93. The molecule has 0 aromatic rings. The third-order valence-electron chi connectivity index (χ3n) is 2.75. The van der Waals surface area contributed by atoms with E-state index in [1.54, 1.807) is 0 Å². The molecule has 0 bridgehead atoms. The Morgan fingerprint density at radius 3 is 2.33 bits per heavy atom. The number of nitrogens with zero attached hydrogens (tertiary/aromatic N) is 1. The summed E-state index contributed by atoms with van der Waals surface area (Å²) in [4.78, 5) is 13.5. The van der Waals surface area contributed by atoms with E-state index in [0.717, 1.165) is 12.8 Å². The predicted molar refractivity (Wildman–Crippen MR) is 62.8 cm³/mol. The zero-order valence-electron chi connectivity index (χ0n) is 10.7. The van der Waals surface area contributed by atoms with Crippen molar-refractivity contribution in [2.24, 2.45) is 5.92 Å². The maximum Gasteiger partial charge on any atom is 0.307 e. The largest absolute Gasteiger partial charge is 0.466 e. The van der Waals surface area contributed by atoms with Crippen LogP contribution in [0.15, 0.2) is 0 Å². The predicted octanol–water partition coefficient (Wildman–Crippen LogP) is 2.31. The Labute approximate surface area is 93.8 Å². The van der Waals surface area contributed by atoms with E-state index in [9.17, 15) is 4.79 Å². The summed E-state index contributed by atoms with van der Waals surface area (Å²) in [6.45, 7) is 6.69. The maximum atomic E-state index is 11.4. The number of esters is 1. The van der Waals surface area contributed by atoms with Gasteiger partial charge in [-0.15, -0.1) is 0 Å². The van der Waals surface area contributed by atoms with Crippen LogP contribution in [0.25, 0.3) is 0 Å². The molecule has 3 nitrogen and oxygen atoms in total. The van der Waals surface area contributed by atoms with Crippen molar-refractivity contribution in [3.63, 3.8) is 0 Å². The molecule has 0 fully saturated rings. The van der Waals surface area contributed by atoms with Gasteiger partial charge in [0.25, 0.3) is 0 Å². The van der Waals surface area contributed by atoms with Crippen LogP contribution < -0.4 is 0 Å². The van der Waals surface area contributed by atoms with Gasteiger partial charge in [-0.1, -0.05) is 20.3 Å². The van der Waals surface area contributed by atoms with Gasteiger partial charge in [0.05, 0.1) is 13.0 Å². The molecule has 0 aliphatic heterocycles. The van der Waals surface area contributed by atoms with Crippen LogP contribution in [0.1, 0.15) is 40.0 Å². The van der Waals surface area contributed by atoms with Crippen LogP contribution in [0.2, 0.25) is 0 Å². The van der Waals surface area contributed by atoms with Crippen molar-refractivity contribution < 1.29 is 9.53 Å². The highest BCUT2D eigenvalue weighted by Crippen LogP contribution is 2.18. The van der Waals surface area contributed by atoms with E-state index >= 15 is 0 Å².